The van der Waals surface area contributed by atoms with E-state index in [1.165, 1.54) is 0 Å². The number of ether oxygens (including phenoxy) is 1. The third kappa shape index (κ3) is 2.55. The van der Waals surface area contributed by atoms with Gasteiger partial charge in [-0.15, -0.1) is 0 Å². The van der Waals surface area contributed by atoms with Gasteiger partial charge in [-0.05, 0) is 40.5 Å². The molecular formula is C13H13BrN2O2. The summed E-state index contributed by atoms with van der Waals surface area (Å²) >= 11 is 3.39. The number of morpholine rings is 1. The van der Waals surface area contributed by atoms with Gasteiger partial charge in [-0.2, -0.15) is 5.26 Å². The molecule has 1 aliphatic heterocycles. The van der Waals surface area contributed by atoms with E-state index in [0.717, 1.165) is 10.0 Å². The molecule has 0 N–H and O–H groups in total. The highest BCUT2D eigenvalue weighted by Crippen LogP contribution is 2.21. The number of hydrogen-bond acceptors (Lipinski definition) is 3. The van der Waals surface area contributed by atoms with Gasteiger partial charge >= 0.3 is 0 Å². The molecule has 1 atom stereocenters. The SMILES string of the molecule is Cc1ccc(C(=O)N2CCOC[C@H]2C#N)c(Br)c1. The van der Waals surface area contributed by atoms with E-state index in [0.29, 0.717) is 18.7 Å². The van der Waals surface area contributed by atoms with Crippen LogP contribution in [0.3, 0.4) is 0 Å². The molecule has 1 saturated heterocycles. The molecule has 1 aromatic carbocycles. The topological polar surface area (TPSA) is 53.3 Å². The normalized spacial score (nSPS) is 19.4. The van der Waals surface area contributed by atoms with Crippen LogP contribution in [0.5, 0.6) is 0 Å². The van der Waals surface area contributed by atoms with Crippen LogP contribution in [-0.2, 0) is 4.74 Å². The lowest BCUT2D eigenvalue weighted by molar-refractivity contribution is 0.0132. The maximum atomic E-state index is 12.4. The van der Waals surface area contributed by atoms with E-state index in [9.17, 15) is 4.79 Å². The fourth-order valence-electron chi connectivity index (χ4n) is 1.90. The fourth-order valence-corrected chi connectivity index (χ4v) is 2.56. The van der Waals surface area contributed by atoms with Crippen molar-refractivity contribution in [2.24, 2.45) is 0 Å². The van der Waals surface area contributed by atoms with Crippen molar-refractivity contribution in [3.63, 3.8) is 0 Å². The number of carbonyl (C=O) groups excluding carboxylic acids is 1. The minimum Gasteiger partial charge on any atom is -0.376 e. The van der Waals surface area contributed by atoms with Gasteiger partial charge in [0.15, 0.2) is 0 Å². The molecule has 0 spiro atoms. The summed E-state index contributed by atoms with van der Waals surface area (Å²) in [5, 5.41) is 9.04. The first-order valence-electron chi connectivity index (χ1n) is 5.68. The monoisotopic (exact) mass is 308 g/mol. The zero-order chi connectivity index (χ0) is 13.1. The molecule has 2 rings (SSSR count). The van der Waals surface area contributed by atoms with Crippen LogP contribution in [0.25, 0.3) is 0 Å². The number of amides is 1. The second-order valence-electron chi connectivity index (χ2n) is 4.20. The fraction of sp³-hybridized carbons (Fsp3) is 0.385. The average molecular weight is 309 g/mol. The lowest BCUT2D eigenvalue weighted by Crippen LogP contribution is -2.48. The van der Waals surface area contributed by atoms with Crippen molar-refractivity contribution in [2.45, 2.75) is 13.0 Å². The van der Waals surface area contributed by atoms with Crippen LogP contribution in [0, 0.1) is 18.3 Å². The van der Waals surface area contributed by atoms with Crippen molar-refractivity contribution in [2.75, 3.05) is 19.8 Å². The van der Waals surface area contributed by atoms with E-state index in [1.54, 1.807) is 11.0 Å². The lowest BCUT2D eigenvalue weighted by atomic mass is 10.1. The Morgan fingerprint density at radius 3 is 3.06 bits per heavy atom. The van der Waals surface area contributed by atoms with Crippen LogP contribution in [0.1, 0.15) is 15.9 Å². The Morgan fingerprint density at radius 2 is 2.39 bits per heavy atom. The molecule has 0 bridgehead atoms. The van der Waals surface area contributed by atoms with Gasteiger partial charge in [0, 0.05) is 11.0 Å². The Balaban J connectivity index is 2.27. The minimum atomic E-state index is -0.501. The number of nitriles is 1. The van der Waals surface area contributed by atoms with Gasteiger partial charge in [0.2, 0.25) is 0 Å². The van der Waals surface area contributed by atoms with Crippen LogP contribution in [-0.4, -0.2) is 36.6 Å². The van der Waals surface area contributed by atoms with Crippen molar-refractivity contribution in [3.05, 3.63) is 33.8 Å². The molecular weight excluding hydrogens is 296 g/mol. The van der Waals surface area contributed by atoms with E-state index in [2.05, 4.69) is 22.0 Å². The first-order chi connectivity index (χ1) is 8.63. The van der Waals surface area contributed by atoms with Gasteiger partial charge in [-0.1, -0.05) is 6.07 Å². The smallest absolute Gasteiger partial charge is 0.256 e. The van der Waals surface area contributed by atoms with Crippen molar-refractivity contribution in [3.8, 4) is 6.07 Å². The maximum Gasteiger partial charge on any atom is 0.256 e. The number of nitrogens with zero attached hydrogens (tertiary/aromatic N) is 2. The molecule has 1 aromatic rings. The standard InChI is InChI=1S/C13H13BrN2O2/c1-9-2-3-11(12(14)6-9)13(17)16-4-5-18-8-10(16)7-15/h2-3,6,10H,4-5,8H2,1H3/t10-/m1/s1. The largest absolute Gasteiger partial charge is 0.376 e. The Kier molecular flexibility index (Phi) is 4.00. The average Bonchev–Trinajstić information content (AvgIpc) is 2.38. The zero-order valence-corrected chi connectivity index (χ0v) is 11.6. The summed E-state index contributed by atoms with van der Waals surface area (Å²) in [7, 11) is 0. The number of hydrogen-bond donors (Lipinski definition) is 0. The van der Waals surface area contributed by atoms with Crippen molar-refractivity contribution in [1.29, 1.82) is 5.26 Å². The van der Waals surface area contributed by atoms with Crippen molar-refractivity contribution < 1.29 is 9.53 Å². The quantitative estimate of drug-likeness (QED) is 0.798. The molecule has 0 saturated carbocycles. The molecule has 18 heavy (non-hydrogen) atoms. The van der Waals surface area contributed by atoms with Crippen molar-refractivity contribution >= 4 is 21.8 Å². The molecule has 0 aliphatic carbocycles. The molecule has 0 unspecified atom stereocenters. The molecule has 1 amide bonds. The van der Waals surface area contributed by atoms with Crippen LogP contribution in [0.2, 0.25) is 0 Å². The Bertz CT molecular complexity index is 510. The number of benzene rings is 1. The van der Waals surface area contributed by atoms with Gasteiger partial charge in [-0.3, -0.25) is 4.79 Å². The number of aryl methyl sites for hydroxylation is 1. The highest BCUT2D eigenvalue weighted by molar-refractivity contribution is 9.10. The third-order valence-corrected chi connectivity index (χ3v) is 3.55. The molecule has 94 valence electrons. The molecule has 1 fully saturated rings. The van der Waals surface area contributed by atoms with Gasteiger partial charge in [0.05, 0.1) is 24.8 Å². The molecule has 1 heterocycles. The maximum absolute atomic E-state index is 12.4. The number of rotatable bonds is 1. The lowest BCUT2D eigenvalue weighted by Gasteiger charge is -2.31. The van der Waals surface area contributed by atoms with E-state index < -0.39 is 6.04 Å². The van der Waals surface area contributed by atoms with E-state index in [-0.39, 0.29) is 12.5 Å². The summed E-state index contributed by atoms with van der Waals surface area (Å²) in [4.78, 5) is 14.0. The van der Waals surface area contributed by atoms with Gasteiger partial charge in [0.25, 0.3) is 5.91 Å². The second-order valence-corrected chi connectivity index (χ2v) is 5.06. The van der Waals surface area contributed by atoms with Gasteiger partial charge < -0.3 is 9.64 Å². The summed E-state index contributed by atoms with van der Waals surface area (Å²) in [6.45, 7) is 3.18. The van der Waals surface area contributed by atoms with E-state index >= 15 is 0 Å². The number of carbonyl (C=O) groups is 1. The third-order valence-electron chi connectivity index (χ3n) is 2.89. The highest BCUT2D eigenvalue weighted by atomic mass is 79.9. The van der Waals surface area contributed by atoms with Gasteiger partial charge in [0.1, 0.15) is 6.04 Å². The van der Waals surface area contributed by atoms with E-state index in [4.69, 9.17) is 10.00 Å². The number of halogens is 1. The summed E-state index contributed by atoms with van der Waals surface area (Å²) in [6.07, 6.45) is 0. The first kappa shape index (κ1) is 13.1. The van der Waals surface area contributed by atoms with Crippen LogP contribution in [0.15, 0.2) is 22.7 Å². The summed E-state index contributed by atoms with van der Waals surface area (Å²) in [5.41, 5.74) is 1.67. The van der Waals surface area contributed by atoms with Crippen LogP contribution in [0.4, 0.5) is 0 Å². The van der Waals surface area contributed by atoms with Crippen LogP contribution < -0.4 is 0 Å². The molecule has 0 radical (unpaired) electrons. The van der Waals surface area contributed by atoms with E-state index in [1.807, 2.05) is 19.1 Å². The summed E-state index contributed by atoms with van der Waals surface area (Å²) in [5.74, 6) is -0.128. The second kappa shape index (κ2) is 5.51. The zero-order valence-electron chi connectivity index (χ0n) is 10.0. The van der Waals surface area contributed by atoms with Gasteiger partial charge in [-0.25, -0.2) is 0 Å². The predicted molar refractivity (Wildman–Crippen MR) is 70.1 cm³/mol. The Hall–Kier alpha value is -1.38. The summed E-state index contributed by atoms with van der Waals surface area (Å²) < 4.78 is 5.97. The molecule has 1 aliphatic rings. The highest BCUT2D eigenvalue weighted by Gasteiger charge is 2.28. The van der Waals surface area contributed by atoms with Crippen LogP contribution >= 0.6 is 15.9 Å². The minimum absolute atomic E-state index is 0.128. The first-order valence-corrected chi connectivity index (χ1v) is 6.47. The predicted octanol–water partition coefficient (Wildman–Crippen LogP) is 2.12. The molecule has 5 heteroatoms. The molecule has 4 nitrogen and oxygen atoms in total. The van der Waals surface area contributed by atoms with Crippen molar-refractivity contribution in [1.82, 2.24) is 4.90 Å². The Morgan fingerprint density at radius 1 is 1.61 bits per heavy atom. The summed E-state index contributed by atoms with van der Waals surface area (Å²) in [6, 6.07) is 7.17. The Labute approximate surface area is 114 Å². The molecule has 0 aromatic heterocycles.